The Morgan fingerprint density at radius 2 is 2.47 bits per heavy atom. The van der Waals surface area contributed by atoms with Crippen molar-refractivity contribution in [2.24, 2.45) is 0 Å². The fourth-order valence-electron chi connectivity index (χ4n) is 1.84. The van der Waals surface area contributed by atoms with Gasteiger partial charge in [-0.3, -0.25) is 0 Å². The lowest BCUT2D eigenvalue weighted by atomic mass is 10.0. The zero-order valence-electron chi connectivity index (χ0n) is 9.67. The second kappa shape index (κ2) is 6.56. The van der Waals surface area contributed by atoms with Gasteiger partial charge in [0.05, 0.1) is 5.60 Å². The summed E-state index contributed by atoms with van der Waals surface area (Å²) in [7, 11) is 0. The second-order valence-electron chi connectivity index (χ2n) is 4.38. The van der Waals surface area contributed by atoms with Gasteiger partial charge in [-0.15, -0.1) is 6.58 Å². The Morgan fingerprint density at radius 3 is 3.00 bits per heavy atom. The second-order valence-corrected chi connectivity index (χ2v) is 5.48. The lowest BCUT2D eigenvalue weighted by Crippen LogP contribution is -2.44. The average molecular weight is 229 g/mol. The molecule has 2 N–H and O–H groups in total. The highest BCUT2D eigenvalue weighted by atomic mass is 32.2. The van der Waals surface area contributed by atoms with Crippen LogP contribution in [-0.4, -0.2) is 34.8 Å². The molecule has 0 saturated carbocycles. The molecule has 0 aliphatic carbocycles. The first-order chi connectivity index (χ1) is 7.20. The van der Waals surface area contributed by atoms with Crippen molar-refractivity contribution >= 4 is 11.8 Å². The summed E-state index contributed by atoms with van der Waals surface area (Å²) in [5.41, 5.74) is -0.452. The fraction of sp³-hybridized carbons (Fsp3) is 0.833. The molecule has 0 amide bonds. The van der Waals surface area contributed by atoms with Crippen LogP contribution in [0.15, 0.2) is 12.7 Å². The molecule has 1 rings (SSSR count). The molecule has 1 aliphatic heterocycles. The van der Waals surface area contributed by atoms with Gasteiger partial charge in [-0.1, -0.05) is 13.0 Å². The van der Waals surface area contributed by atoms with Gasteiger partial charge in [-0.25, -0.2) is 0 Å². The van der Waals surface area contributed by atoms with E-state index in [9.17, 15) is 5.11 Å². The van der Waals surface area contributed by atoms with Gasteiger partial charge in [0.2, 0.25) is 0 Å². The molecule has 2 unspecified atom stereocenters. The average Bonchev–Trinajstić information content (AvgIpc) is 2.66. The minimum atomic E-state index is -0.452. The highest BCUT2D eigenvalue weighted by Crippen LogP contribution is 2.27. The molecule has 3 heteroatoms. The largest absolute Gasteiger partial charge is 0.388 e. The number of hydrogen-bond donors (Lipinski definition) is 2. The third-order valence-corrected chi connectivity index (χ3v) is 4.25. The molecule has 88 valence electrons. The van der Waals surface area contributed by atoms with Crippen molar-refractivity contribution in [3.05, 3.63) is 12.7 Å². The van der Waals surface area contributed by atoms with Crippen LogP contribution in [0.2, 0.25) is 0 Å². The third-order valence-electron chi connectivity index (χ3n) is 3.01. The van der Waals surface area contributed by atoms with Gasteiger partial charge >= 0.3 is 0 Å². The topological polar surface area (TPSA) is 32.3 Å². The maximum Gasteiger partial charge on any atom is 0.0869 e. The highest BCUT2D eigenvalue weighted by Gasteiger charge is 2.31. The van der Waals surface area contributed by atoms with E-state index in [2.05, 4.69) is 18.8 Å². The Kier molecular flexibility index (Phi) is 5.72. The maximum atomic E-state index is 10.2. The molecular weight excluding hydrogens is 206 g/mol. The number of allylic oxidation sites excluding steroid dienone is 1. The minimum absolute atomic E-state index is 0.452. The van der Waals surface area contributed by atoms with E-state index >= 15 is 0 Å². The Labute approximate surface area is 97.5 Å². The van der Waals surface area contributed by atoms with E-state index in [1.54, 1.807) is 0 Å². The molecule has 0 aromatic carbocycles. The van der Waals surface area contributed by atoms with Crippen molar-refractivity contribution < 1.29 is 5.11 Å². The van der Waals surface area contributed by atoms with Crippen LogP contribution in [0.25, 0.3) is 0 Å². The summed E-state index contributed by atoms with van der Waals surface area (Å²) in [6, 6.07) is 0.526. The van der Waals surface area contributed by atoms with Crippen LogP contribution in [0.1, 0.15) is 32.6 Å². The first-order valence-electron chi connectivity index (χ1n) is 5.84. The first kappa shape index (κ1) is 13.1. The predicted molar refractivity (Wildman–Crippen MR) is 68.4 cm³/mol. The fourth-order valence-corrected chi connectivity index (χ4v) is 3.13. The third kappa shape index (κ3) is 4.58. The molecule has 0 aromatic heterocycles. The summed E-state index contributed by atoms with van der Waals surface area (Å²) in [5, 5.41) is 13.6. The molecule has 0 radical (unpaired) electrons. The van der Waals surface area contributed by atoms with Crippen molar-refractivity contribution in [3.8, 4) is 0 Å². The van der Waals surface area contributed by atoms with Gasteiger partial charge in [-0.05, 0) is 31.4 Å². The zero-order chi connectivity index (χ0) is 11.1. The lowest BCUT2D eigenvalue weighted by molar-refractivity contribution is 0.0641. The van der Waals surface area contributed by atoms with Crippen molar-refractivity contribution in [1.82, 2.24) is 5.32 Å². The molecule has 1 saturated heterocycles. The van der Waals surface area contributed by atoms with Crippen LogP contribution in [0, 0.1) is 0 Å². The number of rotatable bonds is 7. The van der Waals surface area contributed by atoms with Crippen LogP contribution in [0.5, 0.6) is 0 Å². The molecule has 2 nitrogen and oxygen atoms in total. The Morgan fingerprint density at radius 1 is 1.67 bits per heavy atom. The van der Waals surface area contributed by atoms with E-state index < -0.39 is 5.60 Å². The van der Waals surface area contributed by atoms with Crippen LogP contribution in [0.3, 0.4) is 0 Å². The van der Waals surface area contributed by atoms with Crippen molar-refractivity contribution in [2.75, 3.05) is 18.1 Å². The van der Waals surface area contributed by atoms with Gasteiger partial charge in [0.25, 0.3) is 0 Å². The summed E-state index contributed by atoms with van der Waals surface area (Å²) in [6.45, 7) is 6.67. The normalized spacial score (nSPS) is 27.9. The van der Waals surface area contributed by atoms with Gasteiger partial charge in [0.1, 0.15) is 0 Å². The first-order valence-corrected chi connectivity index (χ1v) is 7.00. The Bertz CT molecular complexity index is 190. The standard InChI is InChI=1S/C12H23NOS/c1-3-5-6-11(4-2)13-9-12(14)7-8-15-10-12/h3,11,13-14H,1,4-10H2,2H3. The predicted octanol–water partition coefficient (Wildman–Crippen LogP) is 2.19. The van der Waals surface area contributed by atoms with E-state index in [0.29, 0.717) is 6.04 Å². The van der Waals surface area contributed by atoms with Crippen LogP contribution >= 0.6 is 11.8 Å². The molecule has 0 spiro atoms. The lowest BCUT2D eigenvalue weighted by Gasteiger charge is -2.25. The monoisotopic (exact) mass is 229 g/mol. The molecule has 1 aliphatic rings. The van der Waals surface area contributed by atoms with Crippen molar-refractivity contribution in [3.63, 3.8) is 0 Å². The Hall–Kier alpha value is 0.0100. The van der Waals surface area contributed by atoms with Crippen molar-refractivity contribution in [1.29, 1.82) is 0 Å². The van der Waals surface area contributed by atoms with E-state index in [1.807, 2.05) is 17.8 Å². The number of hydrogen-bond acceptors (Lipinski definition) is 3. The molecule has 0 bridgehead atoms. The zero-order valence-corrected chi connectivity index (χ0v) is 10.5. The maximum absolute atomic E-state index is 10.2. The van der Waals surface area contributed by atoms with Crippen LogP contribution in [-0.2, 0) is 0 Å². The number of nitrogens with one attached hydrogen (secondary N) is 1. The molecule has 1 heterocycles. The SMILES string of the molecule is C=CCCC(CC)NCC1(O)CCSC1. The van der Waals surface area contributed by atoms with E-state index in [0.717, 1.165) is 43.7 Å². The summed E-state index contributed by atoms with van der Waals surface area (Å²) in [5.74, 6) is 1.99. The minimum Gasteiger partial charge on any atom is -0.388 e. The molecular formula is C12H23NOS. The van der Waals surface area contributed by atoms with Gasteiger partial charge < -0.3 is 10.4 Å². The molecule has 1 fully saturated rings. The number of thioether (sulfide) groups is 1. The summed E-state index contributed by atoms with van der Waals surface area (Å²) in [4.78, 5) is 0. The quantitative estimate of drug-likeness (QED) is 0.656. The Balaban J connectivity index is 2.23. The van der Waals surface area contributed by atoms with E-state index in [-0.39, 0.29) is 0 Å². The summed E-state index contributed by atoms with van der Waals surface area (Å²) in [6.07, 6.45) is 6.20. The number of aliphatic hydroxyl groups is 1. The molecule has 2 atom stereocenters. The summed E-state index contributed by atoms with van der Waals surface area (Å²) >= 11 is 1.85. The van der Waals surface area contributed by atoms with Crippen molar-refractivity contribution in [2.45, 2.75) is 44.2 Å². The van der Waals surface area contributed by atoms with Gasteiger partial charge in [-0.2, -0.15) is 11.8 Å². The van der Waals surface area contributed by atoms with Gasteiger partial charge in [0, 0.05) is 18.3 Å². The summed E-state index contributed by atoms with van der Waals surface area (Å²) < 4.78 is 0. The van der Waals surface area contributed by atoms with E-state index in [1.165, 1.54) is 0 Å². The molecule has 15 heavy (non-hydrogen) atoms. The van der Waals surface area contributed by atoms with E-state index in [4.69, 9.17) is 0 Å². The van der Waals surface area contributed by atoms with Crippen LogP contribution < -0.4 is 5.32 Å². The smallest absolute Gasteiger partial charge is 0.0869 e. The highest BCUT2D eigenvalue weighted by molar-refractivity contribution is 7.99. The van der Waals surface area contributed by atoms with Gasteiger partial charge in [0.15, 0.2) is 0 Å². The van der Waals surface area contributed by atoms with Crippen LogP contribution in [0.4, 0.5) is 0 Å². The molecule has 0 aromatic rings.